The summed E-state index contributed by atoms with van der Waals surface area (Å²) in [5.74, 6) is 0.0231. The SMILES string of the molecule is CNCCN(C)C(=O)Cc1c(C)nc2c(c1C)c(=O)[nH]n2C. The molecule has 0 atom stereocenters. The highest BCUT2D eigenvalue weighted by Gasteiger charge is 2.18. The van der Waals surface area contributed by atoms with Crippen molar-refractivity contribution in [2.75, 3.05) is 27.2 Å². The van der Waals surface area contributed by atoms with E-state index in [1.165, 1.54) is 0 Å². The maximum atomic E-state index is 12.3. The van der Waals surface area contributed by atoms with Gasteiger partial charge in [0.15, 0.2) is 5.65 Å². The van der Waals surface area contributed by atoms with Crippen LogP contribution in [-0.2, 0) is 18.3 Å². The third kappa shape index (κ3) is 2.89. The van der Waals surface area contributed by atoms with Crippen molar-refractivity contribution in [1.29, 1.82) is 0 Å². The Hall–Kier alpha value is -2.15. The fraction of sp³-hybridized carbons (Fsp3) is 0.533. The van der Waals surface area contributed by atoms with Crippen LogP contribution in [0.4, 0.5) is 0 Å². The molecule has 0 radical (unpaired) electrons. The number of carbonyl (C=O) groups excluding carboxylic acids is 1. The number of H-pyrrole nitrogens is 1. The highest BCUT2D eigenvalue weighted by molar-refractivity contribution is 5.84. The van der Waals surface area contributed by atoms with Gasteiger partial charge in [-0.3, -0.25) is 19.4 Å². The second kappa shape index (κ2) is 6.31. The summed E-state index contributed by atoms with van der Waals surface area (Å²) in [5, 5.41) is 6.29. The standard InChI is InChI=1S/C15H23N5O2/c1-9-11(8-12(21)19(4)7-6-16-3)10(2)17-14-13(9)15(22)18-20(14)5/h16H,6-8H2,1-5H3,(H,18,22). The Morgan fingerprint density at radius 3 is 2.73 bits per heavy atom. The maximum absolute atomic E-state index is 12.3. The Kier molecular flexibility index (Phi) is 4.65. The second-order valence-electron chi connectivity index (χ2n) is 5.59. The van der Waals surface area contributed by atoms with Crippen molar-refractivity contribution in [3.8, 4) is 0 Å². The summed E-state index contributed by atoms with van der Waals surface area (Å²) in [6.07, 6.45) is 0.259. The van der Waals surface area contributed by atoms with Gasteiger partial charge >= 0.3 is 0 Å². The summed E-state index contributed by atoms with van der Waals surface area (Å²) in [7, 11) is 5.39. The number of aromatic amines is 1. The molecule has 7 nitrogen and oxygen atoms in total. The highest BCUT2D eigenvalue weighted by atomic mass is 16.2. The first-order valence-electron chi connectivity index (χ1n) is 7.30. The van der Waals surface area contributed by atoms with Crippen molar-refractivity contribution in [2.24, 2.45) is 7.05 Å². The van der Waals surface area contributed by atoms with Gasteiger partial charge in [0.2, 0.25) is 5.91 Å². The van der Waals surface area contributed by atoms with E-state index in [-0.39, 0.29) is 17.9 Å². The van der Waals surface area contributed by atoms with Crippen molar-refractivity contribution in [1.82, 2.24) is 25.0 Å². The first kappa shape index (κ1) is 16.2. The van der Waals surface area contributed by atoms with Crippen LogP contribution in [0.1, 0.15) is 16.8 Å². The average Bonchev–Trinajstić information content (AvgIpc) is 2.75. The van der Waals surface area contributed by atoms with Crippen molar-refractivity contribution >= 4 is 16.9 Å². The van der Waals surface area contributed by atoms with Crippen LogP contribution in [0.15, 0.2) is 4.79 Å². The zero-order valence-corrected chi connectivity index (χ0v) is 13.8. The molecule has 0 aliphatic carbocycles. The van der Waals surface area contributed by atoms with Gasteiger partial charge in [0.05, 0.1) is 11.8 Å². The van der Waals surface area contributed by atoms with E-state index >= 15 is 0 Å². The first-order chi connectivity index (χ1) is 10.4. The van der Waals surface area contributed by atoms with Crippen LogP contribution in [-0.4, -0.2) is 52.8 Å². The lowest BCUT2D eigenvalue weighted by atomic mass is 10.0. The fourth-order valence-corrected chi connectivity index (χ4v) is 2.60. The molecule has 0 aliphatic heterocycles. The summed E-state index contributed by atoms with van der Waals surface area (Å²) in [6, 6.07) is 0. The zero-order valence-electron chi connectivity index (χ0n) is 13.8. The molecule has 0 fully saturated rings. The number of nitrogens with one attached hydrogen (secondary N) is 2. The maximum Gasteiger partial charge on any atom is 0.273 e. The van der Waals surface area contributed by atoms with E-state index in [4.69, 9.17) is 0 Å². The van der Waals surface area contributed by atoms with Gasteiger partial charge in [0, 0.05) is 32.9 Å². The Bertz CT molecular complexity index is 759. The Morgan fingerprint density at radius 2 is 2.09 bits per heavy atom. The molecule has 0 aromatic carbocycles. The molecule has 2 aromatic heterocycles. The number of rotatable bonds is 5. The normalized spacial score (nSPS) is 11.1. The first-order valence-corrected chi connectivity index (χ1v) is 7.30. The monoisotopic (exact) mass is 305 g/mol. The second-order valence-corrected chi connectivity index (χ2v) is 5.59. The molecule has 2 heterocycles. The number of amides is 1. The summed E-state index contributed by atoms with van der Waals surface area (Å²) in [4.78, 5) is 30.5. The fourth-order valence-electron chi connectivity index (χ4n) is 2.60. The third-order valence-corrected chi connectivity index (χ3v) is 4.03. The van der Waals surface area contributed by atoms with Crippen LogP contribution >= 0.6 is 0 Å². The van der Waals surface area contributed by atoms with E-state index in [2.05, 4.69) is 15.4 Å². The van der Waals surface area contributed by atoms with Gasteiger partial charge in [0.25, 0.3) is 5.56 Å². The molecule has 2 aromatic rings. The van der Waals surface area contributed by atoms with Gasteiger partial charge < -0.3 is 10.2 Å². The van der Waals surface area contributed by atoms with E-state index in [0.29, 0.717) is 17.6 Å². The number of carbonyl (C=O) groups is 1. The van der Waals surface area contributed by atoms with Crippen molar-refractivity contribution in [3.63, 3.8) is 0 Å². The largest absolute Gasteiger partial charge is 0.344 e. The Morgan fingerprint density at radius 1 is 1.41 bits per heavy atom. The van der Waals surface area contributed by atoms with Crippen LogP contribution in [0.25, 0.3) is 11.0 Å². The average molecular weight is 305 g/mol. The molecular formula is C15H23N5O2. The van der Waals surface area contributed by atoms with Gasteiger partial charge in [0.1, 0.15) is 0 Å². The van der Waals surface area contributed by atoms with E-state index in [9.17, 15) is 9.59 Å². The molecular weight excluding hydrogens is 282 g/mol. The van der Waals surface area contributed by atoms with Crippen LogP contribution in [0, 0.1) is 13.8 Å². The minimum Gasteiger partial charge on any atom is -0.344 e. The lowest BCUT2D eigenvalue weighted by Crippen LogP contribution is -2.34. The topological polar surface area (TPSA) is 83.0 Å². The smallest absolute Gasteiger partial charge is 0.273 e. The number of hydrogen-bond donors (Lipinski definition) is 2. The molecule has 0 bridgehead atoms. The van der Waals surface area contributed by atoms with Crippen molar-refractivity contribution < 1.29 is 4.79 Å². The van der Waals surface area contributed by atoms with Gasteiger partial charge in [-0.25, -0.2) is 4.98 Å². The molecule has 120 valence electrons. The summed E-state index contributed by atoms with van der Waals surface area (Å²) >= 11 is 0. The van der Waals surface area contributed by atoms with Gasteiger partial charge in [-0.1, -0.05) is 0 Å². The van der Waals surface area contributed by atoms with Crippen LogP contribution in [0.3, 0.4) is 0 Å². The van der Waals surface area contributed by atoms with Crippen LogP contribution in [0.2, 0.25) is 0 Å². The van der Waals surface area contributed by atoms with E-state index in [0.717, 1.165) is 23.4 Å². The lowest BCUT2D eigenvalue weighted by Gasteiger charge is -2.18. The number of hydrogen-bond acceptors (Lipinski definition) is 4. The van der Waals surface area contributed by atoms with E-state index in [1.54, 1.807) is 23.7 Å². The highest BCUT2D eigenvalue weighted by Crippen LogP contribution is 2.20. The van der Waals surface area contributed by atoms with Crippen LogP contribution < -0.4 is 10.9 Å². The summed E-state index contributed by atoms with van der Waals surface area (Å²) in [5.41, 5.74) is 2.92. The number of aromatic nitrogens is 3. The van der Waals surface area contributed by atoms with Crippen molar-refractivity contribution in [2.45, 2.75) is 20.3 Å². The predicted octanol–water partition coefficient (Wildman–Crippen LogP) is 0.0987. The minimum absolute atomic E-state index is 0.0231. The molecule has 0 aliphatic rings. The molecule has 7 heteroatoms. The predicted molar refractivity (Wildman–Crippen MR) is 86.1 cm³/mol. The van der Waals surface area contributed by atoms with E-state index < -0.39 is 0 Å². The number of aryl methyl sites for hydroxylation is 3. The molecule has 0 saturated heterocycles. The molecule has 0 spiro atoms. The summed E-state index contributed by atoms with van der Waals surface area (Å²) < 4.78 is 1.61. The molecule has 1 amide bonds. The quantitative estimate of drug-likeness (QED) is 0.820. The number of fused-ring (bicyclic) bond motifs is 1. The lowest BCUT2D eigenvalue weighted by molar-refractivity contribution is -0.129. The minimum atomic E-state index is -0.167. The Balaban J connectivity index is 2.38. The third-order valence-electron chi connectivity index (χ3n) is 4.03. The summed E-state index contributed by atoms with van der Waals surface area (Å²) in [6.45, 7) is 5.15. The molecule has 2 rings (SSSR count). The number of nitrogens with zero attached hydrogens (tertiary/aromatic N) is 3. The van der Waals surface area contributed by atoms with Gasteiger partial charge in [-0.2, -0.15) is 0 Å². The molecule has 22 heavy (non-hydrogen) atoms. The van der Waals surface area contributed by atoms with Gasteiger partial charge in [-0.15, -0.1) is 0 Å². The van der Waals surface area contributed by atoms with Crippen LogP contribution in [0.5, 0.6) is 0 Å². The molecule has 0 unspecified atom stereocenters. The molecule has 2 N–H and O–H groups in total. The number of pyridine rings is 1. The number of likely N-dealkylation sites (N-methyl/N-ethyl adjacent to an activating group) is 2. The van der Waals surface area contributed by atoms with Crippen molar-refractivity contribution in [3.05, 3.63) is 27.2 Å². The zero-order chi connectivity index (χ0) is 16.4. The Labute approximate surface area is 129 Å². The van der Waals surface area contributed by atoms with E-state index in [1.807, 2.05) is 20.9 Å². The molecule has 0 saturated carbocycles. The van der Waals surface area contributed by atoms with Gasteiger partial charge in [-0.05, 0) is 32.0 Å².